The third kappa shape index (κ3) is 6.77. The van der Waals surface area contributed by atoms with E-state index in [1.54, 1.807) is 30.3 Å². The number of likely N-dealkylation sites (tertiary alicyclic amines) is 1. The van der Waals surface area contributed by atoms with Crippen LogP contribution in [0.1, 0.15) is 51.6 Å². The third-order valence-electron chi connectivity index (χ3n) is 6.71. The summed E-state index contributed by atoms with van der Waals surface area (Å²) in [6, 6.07) is 8.76. The second-order valence-electron chi connectivity index (χ2n) is 8.88. The number of rotatable bonds is 11. The van der Waals surface area contributed by atoms with Crippen molar-refractivity contribution in [3.63, 3.8) is 0 Å². The molecule has 0 radical (unpaired) electrons. The minimum absolute atomic E-state index is 0.105. The monoisotopic (exact) mass is 471 g/mol. The summed E-state index contributed by atoms with van der Waals surface area (Å²) in [5, 5.41) is 4.66. The van der Waals surface area contributed by atoms with Crippen molar-refractivity contribution in [2.45, 2.75) is 57.4 Å². The van der Waals surface area contributed by atoms with E-state index in [-0.39, 0.29) is 16.6 Å². The van der Waals surface area contributed by atoms with Crippen molar-refractivity contribution in [3.05, 3.63) is 60.2 Å². The van der Waals surface area contributed by atoms with Gasteiger partial charge < -0.3 is 4.90 Å². The maximum atomic E-state index is 12.7. The molecule has 1 unspecified atom stereocenters. The molecule has 2 heterocycles. The summed E-state index contributed by atoms with van der Waals surface area (Å²) in [4.78, 5) is 6.67. The second kappa shape index (κ2) is 11.6. The summed E-state index contributed by atoms with van der Waals surface area (Å²) in [5.41, 5.74) is 1.16. The van der Waals surface area contributed by atoms with Gasteiger partial charge in [0.05, 0.1) is 17.1 Å². The first-order valence-corrected chi connectivity index (χ1v) is 13.4. The summed E-state index contributed by atoms with van der Waals surface area (Å²) in [7, 11) is -3.71. The number of allylic oxidation sites excluding steroid dienone is 1. The van der Waals surface area contributed by atoms with Gasteiger partial charge in [-0.2, -0.15) is 5.10 Å². The Morgan fingerprint density at radius 2 is 1.97 bits per heavy atom. The van der Waals surface area contributed by atoms with Gasteiger partial charge in [0.15, 0.2) is 0 Å². The Kier molecular flexibility index (Phi) is 8.86. The van der Waals surface area contributed by atoms with Crippen LogP contribution in [0.3, 0.4) is 0 Å². The average molecular weight is 472 g/mol. The Labute approximate surface area is 198 Å². The highest BCUT2D eigenvalue weighted by Gasteiger charge is 2.22. The first kappa shape index (κ1) is 25.2. The van der Waals surface area contributed by atoms with Crippen LogP contribution in [0.4, 0.5) is 0 Å². The molecule has 0 amide bonds. The molecule has 7 nitrogen and oxygen atoms in total. The van der Waals surface area contributed by atoms with Crippen LogP contribution in [-0.4, -0.2) is 49.4 Å². The van der Waals surface area contributed by atoms with Crippen molar-refractivity contribution in [1.82, 2.24) is 19.4 Å². The number of aromatic nitrogens is 2. The Balaban J connectivity index is 1.74. The lowest BCUT2D eigenvalue weighted by Crippen LogP contribution is -2.34. The van der Waals surface area contributed by atoms with Crippen molar-refractivity contribution >= 4 is 16.7 Å². The molecule has 1 saturated heterocycles. The number of hydrogen-bond acceptors (Lipinski definition) is 5. The van der Waals surface area contributed by atoms with E-state index in [1.807, 2.05) is 12.3 Å². The molecule has 1 fully saturated rings. The highest BCUT2D eigenvalue weighted by atomic mass is 32.2. The summed E-state index contributed by atoms with van der Waals surface area (Å²) < 4.78 is 30.2. The first-order chi connectivity index (χ1) is 15.9. The molecular formula is C25H37N5O2S. The third-order valence-corrected chi connectivity index (χ3v) is 8.09. The molecule has 1 aliphatic rings. The molecule has 33 heavy (non-hydrogen) atoms. The molecule has 3 rings (SSSR count). The Morgan fingerprint density at radius 1 is 1.27 bits per heavy atom. The molecule has 0 spiro atoms. The smallest absolute Gasteiger partial charge is 0.263 e. The van der Waals surface area contributed by atoms with Crippen LogP contribution in [0, 0.1) is 11.8 Å². The van der Waals surface area contributed by atoms with Gasteiger partial charge in [0.1, 0.15) is 5.82 Å². The van der Waals surface area contributed by atoms with Gasteiger partial charge in [-0.05, 0) is 68.1 Å². The quantitative estimate of drug-likeness (QED) is 0.497. The van der Waals surface area contributed by atoms with Crippen LogP contribution >= 0.6 is 0 Å². The topological polar surface area (TPSA) is 79.6 Å². The van der Waals surface area contributed by atoms with Gasteiger partial charge in [-0.3, -0.25) is 9.40 Å². The molecule has 1 aromatic carbocycles. The number of piperidine rings is 1. The lowest BCUT2D eigenvalue weighted by Gasteiger charge is -2.31. The SMILES string of the molecule is C=NC(=CC(Cc1cnn(C2CCN(CC)CC2)c1)[C@@H](C)CC)NS(=O)(=O)c1ccccc1. The van der Waals surface area contributed by atoms with Crippen molar-refractivity contribution in [2.24, 2.45) is 16.8 Å². The predicted molar refractivity (Wildman–Crippen MR) is 134 cm³/mol. The molecule has 1 N–H and O–H groups in total. The largest absolute Gasteiger partial charge is 0.303 e. The van der Waals surface area contributed by atoms with Gasteiger partial charge in [0.2, 0.25) is 0 Å². The lowest BCUT2D eigenvalue weighted by atomic mass is 9.87. The van der Waals surface area contributed by atoms with E-state index in [0.717, 1.165) is 50.9 Å². The summed E-state index contributed by atoms with van der Waals surface area (Å²) in [5.74, 6) is 0.719. The summed E-state index contributed by atoms with van der Waals surface area (Å²) >= 11 is 0. The Hall–Kier alpha value is -2.45. The second-order valence-corrected chi connectivity index (χ2v) is 10.6. The molecule has 0 bridgehead atoms. The minimum atomic E-state index is -3.71. The number of nitrogens with one attached hydrogen (secondary N) is 1. The summed E-state index contributed by atoms with van der Waals surface area (Å²) in [6.07, 6.45) is 9.99. The normalized spacial score (nSPS) is 18.1. The maximum Gasteiger partial charge on any atom is 0.263 e. The number of benzene rings is 1. The van der Waals surface area contributed by atoms with Crippen molar-refractivity contribution in [3.8, 4) is 0 Å². The van der Waals surface area contributed by atoms with Crippen LogP contribution in [0.5, 0.6) is 0 Å². The van der Waals surface area contributed by atoms with Gasteiger partial charge in [-0.25, -0.2) is 13.4 Å². The zero-order valence-corrected chi connectivity index (χ0v) is 20.8. The van der Waals surface area contributed by atoms with Crippen molar-refractivity contribution < 1.29 is 8.42 Å². The van der Waals surface area contributed by atoms with E-state index in [4.69, 9.17) is 0 Å². The Bertz CT molecular complexity index is 1020. The zero-order valence-electron chi connectivity index (χ0n) is 20.0. The van der Waals surface area contributed by atoms with E-state index in [0.29, 0.717) is 12.0 Å². The van der Waals surface area contributed by atoms with Crippen LogP contribution in [0.15, 0.2) is 64.5 Å². The van der Waals surface area contributed by atoms with Gasteiger partial charge in [0, 0.05) is 19.3 Å². The maximum absolute atomic E-state index is 12.7. The van der Waals surface area contributed by atoms with Gasteiger partial charge in [-0.15, -0.1) is 0 Å². The molecular weight excluding hydrogens is 434 g/mol. The van der Waals surface area contributed by atoms with E-state index < -0.39 is 10.0 Å². The lowest BCUT2D eigenvalue weighted by molar-refractivity contribution is 0.187. The highest BCUT2D eigenvalue weighted by molar-refractivity contribution is 7.89. The molecule has 8 heteroatoms. The molecule has 0 saturated carbocycles. The van der Waals surface area contributed by atoms with E-state index in [9.17, 15) is 8.42 Å². The number of aliphatic imine (C=N–C) groups is 1. The summed E-state index contributed by atoms with van der Waals surface area (Å²) in [6.45, 7) is 13.5. The van der Waals surface area contributed by atoms with Crippen LogP contribution in [0.25, 0.3) is 0 Å². The van der Waals surface area contributed by atoms with Gasteiger partial charge in [-0.1, -0.05) is 45.4 Å². The highest BCUT2D eigenvalue weighted by Crippen LogP contribution is 2.26. The number of nitrogens with zero attached hydrogens (tertiary/aromatic N) is 4. The van der Waals surface area contributed by atoms with Crippen molar-refractivity contribution in [1.29, 1.82) is 0 Å². The molecule has 2 atom stereocenters. The van der Waals surface area contributed by atoms with Crippen LogP contribution in [-0.2, 0) is 16.4 Å². The fourth-order valence-corrected chi connectivity index (χ4v) is 5.34. The molecule has 1 aliphatic heterocycles. The van der Waals surface area contributed by atoms with Gasteiger partial charge >= 0.3 is 0 Å². The van der Waals surface area contributed by atoms with Gasteiger partial charge in [0.25, 0.3) is 10.0 Å². The number of hydrogen-bond donors (Lipinski definition) is 1. The van der Waals surface area contributed by atoms with E-state index >= 15 is 0 Å². The number of sulfonamides is 1. The van der Waals surface area contributed by atoms with Crippen molar-refractivity contribution in [2.75, 3.05) is 19.6 Å². The zero-order chi connectivity index (χ0) is 23.8. The fourth-order valence-electron chi connectivity index (χ4n) is 4.30. The molecule has 180 valence electrons. The molecule has 1 aromatic heterocycles. The van der Waals surface area contributed by atoms with Crippen LogP contribution in [0.2, 0.25) is 0 Å². The molecule has 0 aliphatic carbocycles. The Morgan fingerprint density at radius 3 is 2.58 bits per heavy atom. The fraction of sp³-hybridized carbons (Fsp3) is 0.520. The standard InChI is InChI=1S/C25H37N5O2S/c1-5-20(3)22(17-25(26-4)28-33(31,32)24-10-8-7-9-11-24)16-21-18-27-30(19-21)23-12-14-29(6-2)15-13-23/h7-11,17-20,22-23,28H,4-6,12-16H2,1-3H3/t20-,22?/m0/s1. The van der Waals surface area contributed by atoms with E-state index in [2.05, 4.69) is 58.1 Å². The minimum Gasteiger partial charge on any atom is -0.303 e. The molecule has 2 aromatic rings. The first-order valence-electron chi connectivity index (χ1n) is 11.9. The van der Waals surface area contributed by atoms with E-state index in [1.165, 1.54) is 0 Å². The van der Waals surface area contributed by atoms with Crippen LogP contribution < -0.4 is 4.72 Å². The predicted octanol–water partition coefficient (Wildman–Crippen LogP) is 4.27. The average Bonchev–Trinajstić information content (AvgIpc) is 3.31.